The molecule has 0 saturated heterocycles. The van der Waals surface area contributed by atoms with Crippen molar-refractivity contribution in [1.82, 2.24) is 10.6 Å². The van der Waals surface area contributed by atoms with E-state index in [0.717, 1.165) is 11.1 Å². The lowest BCUT2D eigenvalue weighted by molar-refractivity contribution is -0.141. The fourth-order valence-electron chi connectivity index (χ4n) is 2.97. The van der Waals surface area contributed by atoms with E-state index in [4.69, 9.17) is 9.47 Å². The van der Waals surface area contributed by atoms with Crippen molar-refractivity contribution >= 4 is 17.8 Å². The number of carbonyl (C=O) groups excluding carboxylic acids is 2. The topological polar surface area (TPSA) is 114 Å². The minimum Gasteiger partial charge on any atom is -0.481 e. The van der Waals surface area contributed by atoms with Crippen molar-refractivity contribution in [2.24, 2.45) is 5.92 Å². The normalized spacial score (nSPS) is 12.9. The molecule has 152 valence electrons. The van der Waals surface area contributed by atoms with Crippen molar-refractivity contribution in [2.45, 2.75) is 13.3 Å². The van der Waals surface area contributed by atoms with Crippen molar-refractivity contribution in [3.05, 3.63) is 59.2 Å². The molecule has 8 nitrogen and oxygen atoms in total. The Morgan fingerprint density at radius 1 is 1.07 bits per heavy atom. The predicted molar refractivity (Wildman–Crippen MR) is 104 cm³/mol. The van der Waals surface area contributed by atoms with Gasteiger partial charge in [0.25, 0.3) is 5.91 Å². The second kappa shape index (κ2) is 9.09. The van der Waals surface area contributed by atoms with Crippen LogP contribution in [0.5, 0.6) is 11.5 Å². The molecule has 0 aliphatic carbocycles. The maximum Gasteiger partial charge on any atom is 0.308 e. The average Bonchev–Trinajstić information content (AvgIpc) is 3.17. The number of hydrogen-bond acceptors (Lipinski definition) is 5. The molecule has 2 amide bonds. The number of ether oxygens (including phenoxy) is 2. The molecule has 2 aromatic rings. The summed E-state index contributed by atoms with van der Waals surface area (Å²) in [4.78, 5) is 35.7. The summed E-state index contributed by atoms with van der Waals surface area (Å²) in [5, 5.41) is 14.5. The molecule has 0 fully saturated rings. The van der Waals surface area contributed by atoms with Crippen LogP contribution in [0.4, 0.5) is 0 Å². The zero-order valence-electron chi connectivity index (χ0n) is 15.9. The van der Waals surface area contributed by atoms with Gasteiger partial charge in [-0.1, -0.05) is 29.8 Å². The largest absolute Gasteiger partial charge is 0.481 e. The number of hydrogen-bond donors (Lipinski definition) is 3. The second-order valence-electron chi connectivity index (χ2n) is 6.78. The van der Waals surface area contributed by atoms with E-state index < -0.39 is 23.7 Å². The molecule has 8 heteroatoms. The number of nitrogens with one attached hydrogen (secondary N) is 2. The van der Waals surface area contributed by atoms with Gasteiger partial charge in [0.05, 0.1) is 12.5 Å². The maximum atomic E-state index is 12.2. The third kappa shape index (κ3) is 5.47. The molecular weight excluding hydrogens is 376 g/mol. The van der Waals surface area contributed by atoms with Crippen molar-refractivity contribution in [2.75, 3.05) is 19.9 Å². The summed E-state index contributed by atoms with van der Waals surface area (Å²) in [5.41, 5.74) is 2.27. The number of aryl methyl sites for hydroxylation is 1. The summed E-state index contributed by atoms with van der Waals surface area (Å²) in [6.07, 6.45) is 0.306. The van der Waals surface area contributed by atoms with Gasteiger partial charge in [-0.2, -0.15) is 0 Å². The van der Waals surface area contributed by atoms with Gasteiger partial charge in [0.15, 0.2) is 11.5 Å². The van der Waals surface area contributed by atoms with Gasteiger partial charge in [0.2, 0.25) is 12.7 Å². The quantitative estimate of drug-likeness (QED) is 0.621. The Morgan fingerprint density at radius 3 is 2.62 bits per heavy atom. The number of aliphatic carboxylic acids is 1. The van der Waals surface area contributed by atoms with Crippen LogP contribution in [0.1, 0.15) is 21.5 Å². The lowest BCUT2D eigenvalue weighted by Crippen LogP contribution is -2.40. The Bertz CT molecular complexity index is 927. The lowest BCUT2D eigenvalue weighted by atomic mass is 9.98. The van der Waals surface area contributed by atoms with E-state index >= 15 is 0 Å². The van der Waals surface area contributed by atoms with Gasteiger partial charge in [0, 0.05) is 12.1 Å². The Hall–Kier alpha value is -3.55. The first-order valence-electron chi connectivity index (χ1n) is 9.15. The van der Waals surface area contributed by atoms with Gasteiger partial charge in [-0.3, -0.25) is 14.4 Å². The fraction of sp³-hybridized carbons (Fsp3) is 0.286. The number of carboxylic acids is 1. The molecule has 0 spiro atoms. The summed E-state index contributed by atoms with van der Waals surface area (Å²) in [6, 6.07) is 12.3. The molecule has 0 radical (unpaired) electrons. The zero-order valence-corrected chi connectivity index (χ0v) is 15.9. The fourth-order valence-corrected chi connectivity index (χ4v) is 2.97. The minimum atomic E-state index is -0.990. The van der Waals surface area contributed by atoms with E-state index in [1.165, 1.54) is 6.07 Å². The van der Waals surface area contributed by atoms with E-state index in [0.29, 0.717) is 23.5 Å². The van der Waals surface area contributed by atoms with E-state index in [2.05, 4.69) is 10.6 Å². The highest BCUT2D eigenvalue weighted by Gasteiger charge is 2.20. The Morgan fingerprint density at radius 2 is 1.86 bits per heavy atom. The van der Waals surface area contributed by atoms with Crippen molar-refractivity contribution in [1.29, 1.82) is 0 Å². The molecule has 29 heavy (non-hydrogen) atoms. The second-order valence-corrected chi connectivity index (χ2v) is 6.78. The average molecular weight is 398 g/mol. The van der Waals surface area contributed by atoms with Gasteiger partial charge in [-0.05, 0) is 37.1 Å². The first-order chi connectivity index (χ1) is 13.9. The number of benzene rings is 2. The van der Waals surface area contributed by atoms with Gasteiger partial charge in [-0.25, -0.2) is 0 Å². The maximum absolute atomic E-state index is 12.2. The molecule has 1 heterocycles. The highest BCUT2D eigenvalue weighted by molar-refractivity contribution is 5.97. The molecule has 1 atom stereocenters. The van der Waals surface area contributed by atoms with Crippen LogP contribution in [-0.4, -0.2) is 42.8 Å². The molecule has 2 aromatic carbocycles. The molecule has 3 rings (SSSR count). The molecule has 3 N–H and O–H groups in total. The minimum absolute atomic E-state index is 0.0258. The van der Waals surface area contributed by atoms with Gasteiger partial charge in [-0.15, -0.1) is 0 Å². The number of fused-ring (bicyclic) bond motifs is 1. The van der Waals surface area contributed by atoms with Crippen LogP contribution in [0.3, 0.4) is 0 Å². The van der Waals surface area contributed by atoms with E-state index in [1.807, 2.05) is 31.2 Å². The third-order valence-electron chi connectivity index (χ3n) is 4.50. The Balaban J connectivity index is 1.47. The number of rotatable bonds is 8. The molecule has 1 unspecified atom stereocenters. The number of amides is 2. The highest BCUT2D eigenvalue weighted by Crippen LogP contribution is 2.32. The van der Waals surface area contributed by atoms with Crippen LogP contribution in [0.15, 0.2) is 42.5 Å². The zero-order chi connectivity index (χ0) is 20.8. The van der Waals surface area contributed by atoms with Crippen molar-refractivity contribution < 1.29 is 29.0 Å². The molecular formula is C21H22N2O6. The smallest absolute Gasteiger partial charge is 0.308 e. The lowest BCUT2D eigenvalue weighted by Gasteiger charge is -2.14. The Kier molecular flexibility index (Phi) is 6.33. The van der Waals surface area contributed by atoms with Gasteiger partial charge >= 0.3 is 5.97 Å². The summed E-state index contributed by atoms with van der Waals surface area (Å²) < 4.78 is 10.4. The Labute approximate surface area is 167 Å². The standard InChI is InChI=1S/C21H22N2O6/c1-13-3-2-4-14(7-13)8-16(21(26)27)10-22-19(24)11-23-20(25)15-5-6-17-18(9-15)29-12-28-17/h2-7,9,16H,8,10-12H2,1H3,(H,22,24)(H,23,25)(H,26,27). The molecule has 1 aliphatic rings. The number of carbonyl (C=O) groups is 3. The van der Waals surface area contributed by atoms with E-state index in [-0.39, 0.29) is 19.9 Å². The highest BCUT2D eigenvalue weighted by atomic mass is 16.7. The van der Waals surface area contributed by atoms with Crippen LogP contribution in [0.2, 0.25) is 0 Å². The SMILES string of the molecule is Cc1cccc(CC(CNC(=O)CNC(=O)c2ccc3c(c2)OCO3)C(=O)O)c1. The van der Waals surface area contributed by atoms with Crippen molar-refractivity contribution in [3.8, 4) is 11.5 Å². The molecule has 0 saturated carbocycles. The summed E-state index contributed by atoms with van der Waals surface area (Å²) >= 11 is 0. The monoisotopic (exact) mass is 398 g/mol. The van der Waals surface area contributed by atoms with Gasteiger partial charge in [0.1, 0.15) is 0 Å². The van der Waals surface area contributed by atoms with Crippen LogP contribution in [0.25, 0.3) is 0 Å². The molecule has 0 aromatic heterocycles. The molecule has 1 aliphatic heterocycles. The van der Waals surface area contributed by atoms with Crippen LogP contribution >= 0.6 is 0 Å². The summed E-state index contributed by atoms with van der Waals surface area (Å²) in [7, 11) is 0. The summed E-state index contributed by atoms with van der Waals surface area (Å²) in [5.74, 6) is -1.61. The predicted octanol–water partition coefficient (Wildman–Crippen LogP) is 1.51. The molecule has 0 bridgehead atoms. The van der Waals surface area contributed by atoms with Crippen LogP contribution < -0.4 is 20.1 Å². The van der Waals surface area contributed by atoms with E-state index in [1.54, 1.807) is 12.1 Å². The first kappa shape index (κ1) is 20.2. The first-order valence-corrected chi connectivity index (χ1v) is 9.15. The van der Waals surface area contributed by atoms with Crippen LogP contribution in [-0.2, 0) is 16.0 Å². The van der Waals surface area contributed by atoms with Crippen molar-refractivity contribution in [3.63, 3.8) is 0 Å². The van der Waals surface area contributed by atoms with E-state index in [9.17, 15) is 19.5 Å². The third-order valence-corrected chi connectivity index (χ3v) is 4.50. The summed E-state index contributed by atoms with van der Waals surface area (Å²) in [6.45, 7) is 1.76. The van der Waals surface area contributed by atoms with Gasteiger partial charge < -0.3 is 25.2 Å². The number of carboxylic acid groups (broad SMARTS) is 1. The van der Waals surface area contributed by atoms with Crippen LogP contribution in [0, 0.1) is 12.8 Å².